The molecule has 1 aromatic carbocycles. The molecular formula is C26H27N5O2. The molecule has 0 spiro atoms. The number of nitrogens with zero attached hydrogens (tertiary/aromatic N) is 4. The average molecular weight is 442 g/mol. The number of rotatable bonds is 4. The number of aromatic nitrogens is 3. The van der Waals surface area contributed by atoms with E-state index in [0.29, 0.717) is 31.0 Å². The molecule has 0 radical (unpaired) electrons. The fourth-order valence-electron chi connectivity index (χ4n) is 4.68. The Kier molecular flexibility index (Phi) is 6.02. The summed E-state index contributed by atoms with van der Waals surface area (Å²) in [6.45, 7) is 2.46. The van der Waals surface area contributed by atoms with Gasteiger partial charge in [0, 0.05) is 44.1 Å². The van der Waals surface area contributed by atoms with E-state index in [1.165, 1.54) is 11.1 Å². The summed E-state index contributed by atoms with van der Waals surface area (Å²) in [5, 5.41) is 7.14. The lowest BCUT2D eigenvalue weighted by atomic mass is 9.94. The Morgan fingerprint density at radius 3 is 2.55 bits per heavy atom. The summed E-state index contributed by atoms with van der Waals surface area (Å²) in [7, 11) is 0. The molecule has 0 saturated carbocycles. The topological polar surface area (TPSA) is 82.2 Å². The maximum atomic E-state index is 13.2. The van der Waals surface area contributed by atoms with Gasteiger partial charge in [0.2, 0.25) is 5.91 Å². The molecule has 0 aliphatic carbocycles. The number of hydrogen-bond acceptors (Lipinski definition) is 4. The van der Waals surface area contributed by atoms with Gasteiger partial charge in [0.15, 0.2) is 0 Å². The molecule has 1 atom stereocenters. The van der Waals surface area contributed by atoms with Gasteiger partial charge in [-0.2, -0.15) is 5.10 Å². The van der Waals surface area contributed by atoms with Gasteiger partial charge < -0.3 is 9.80 Å². The number of hydrogen-bond donors (Lipinski definition) is 1. The predicted molar refractivity (Wildman–Crippen MR) is 126 cm³/mol. The molecule has 0 bridgehead atoms. The Morgan fingerprint density at radius 2 is 1.79 bits per heavy atom. The van der Waals surface area contributed by atoms with Crippen LogP contribution in [-0.4, -0.2) is 63.0 Å². The van der Waals surface area contributed by atoms with E-state index in [1.807, 2.05) is 35.2 Å². The molecule has 2 aliphatic heterocycles. The first-order valence-electron chi connectivity index (χ1n) is 11.5. The fourth-order valence-corrected chi connectivity index (χ4v) is 4.68. The van der Waals surface area contributed by atoms with Crippen LogP contribution in [0.4, 0.5) is 0 Å². The van der Waals surface area contributed by atoms with Crippen molar-refractivity contribution in [2.24, 2.45) is 5.92 Å². The fraction of sp³-hybridized carbons (Fsp3) is 0.308. The van der Waals surface area contributed by atoms with E-state index >= 15 is 0 Å². The molecule has 3 aromatic rings. The number of pyridine rings is 1. The Bertz CT molecular complexity index is 1160. The first-order chi connectivity index (χ1) is 16.2. The lowest BCUT2D eigenvalue weighted by molar-refractivity contribution is -0.136. The van der Waals surface area contributed by atoms with Crippen molar-refractivity contribution in [1.82, 2.24) is 25.0 Å². The van der Waals surface area contributed by atoms with Crippen LogP contribution >= 0.6 is 0 Å². The van der Waals surface area contributed by atoms with Crippen LogP contribution in [0.25, 0.3) is 16.8 Å². The number of amides is 2. The van der Waals surface area contributed by atoms with Gasteiger partial charge in [0.05, 0.1) is 11.6 Å². The molecule has 0 unspecified atom stereocenters. The third-order valence-corrected chi connectivity index (χ3v) is 6.51. The molecular weight excluding hydrogens is 414 g/mol. The average Bonchev–Trinajstić information content (AvgIpc) is 3.39. The number of aromatic amines is 1. The van der Waals surface area contributed by atoms with E-state index in [-0.39, 0.29) is 17.7 Å². The normalized spacial score (nSPS) is 18.7. The van der Waals surface area contributed by atoms with Crippen molar-refractivity contribution in [2.75, 3.05) is 26.2 Å². The van der Waals surface area contributed by atoms with Crippen LogP contribution in [0.2, 0.25) is 0 Å². The number of benzene rings is 1. The van der Waals surface area contributed by atoms with Crippen molar-refractivity contribution in [3.63, 3.8) is 0 Å². The third kappa shape index (κ3) is 4.58. The molecule has 2 amide bonds. The lowest BCUT2D eigenvalue weighted by Crippen LogP contribution is -2.47. The van der Waals surface area contributed by atoms with Crippen molar-refractivity contribution in [1.29, 1.82) is 0 Å². The first-order valence-corrected chi connectivity index (χ1v) is 11.5. The summed E-state index contributed by atoms with van der Waals surface area (Å²) in [4.78, 5) is 34.1. The lowest BCUT2D eigenvalue weighted by Gasteiger charge is -2.35. The highest BCUT2D eigenvalue weighted by molar-refractivity contribution is 5.94. The maximum absolute atomic E-state index is 13.2. The Balaban J connectivity index is 1.22. The summed E-state index contributed by atoms with van der Waals surface area (Å²) in [5.74, 6) is -0.111. The van der Waals surface area contributed by atoms with Crippen LogP contribution in [0.3, 0.4) is 0 Å². The van der Waals surface area contributed by atoms with Gasteiger partial charge in [-0.15, -0.1) is 0 Å². The zero-order chi connectivity index (χ0) is 22.6. The van der Waals surface area contributed by atoms with Crippen LogP contribution in [0.5, 0.6) is 0 Å². The number of carbonyl (C=O) groups is 2. The van der Waals surface area contributed by atoms with Gasteiger partial charge in [-0.05, 0) is 48.6 Å². The minimum absolute atomic E-state index is 0.106. The largest absolute Gasteiger partial charge is 0.338 e. The van der Waals surface area contributed by atoms with Gasteiger partial charge in [-0.25, -0.2) is 0 Å². The van der Waals surface area contributed by atoms with Crippen LogP contribution in [0.1, 0.15) is 35.3 Å². The quantitative estimate of drug-likeness (QED) is 0.670. The van der Waals surface area contributed by atoms with Crippen LogP contribution in [0.15, 0.2) is 67.0 Å². The highest BCUT2D eigenvalue weighted by Gasteiger charge is 2.32. The van der Waals surface area contributed by atoms with E-state index in [2.05, 4.69) is 33.4 Å². The molecule has 1 N–H and O–H groups in total. The van der Waals surface area contributed by atoms with E-state index in [0.717, 1.165) is 31.4 Å². The number of carbonyl (C=O) groups excluding carboxylic acids is 2. The van der Waals surface area contributed by atoms with Gasteiger partial charge in [-0.3, -0.25) is 19.7 Å². The molecule has 7 heteroatoms. The highest BCUT2D eigenvalue weighted by Crippen LogP contribution is 2.26. The van der Waals surface area contributed by atoms with Gasteiger partial charge in [-0.1, -0.05) is 36.4 Å². The molecule has 1 fully saturated rings. The predicted octanol–water partition coefficient (Wildman–Crippen LogP) is 3.64. The van der Waals surface area contributed by atoms with Crippen molar-refractivity contribution >= 4 is 17.4 Å². The second-order valence-electron chi connectivity index (χ2n) is 8.62. The van der Waals surface area contributed by atoms with Gasteiger partial charge in [0.25, 0.3) is 5.91 Å². The van der Waals surface area contributed by atoms with Gasteiger partial charge in [0.1, 0.15) is 5.69 Å². The van der Waals surface area contributed by atoms with Crippen molar-refractivity contribution in [2.45, 2.75) is 19.3 Å². The Labute approximate surface area is 193 Å². The van der Waals surface area contributed by atoms with Crippen molar-refractivity contribution in [3.05, 3.63) is 78.3 Å². The number of piperidine rings is 1. The second kappa shape index (κ2) is 9.40. The molecule has 168 valence electrons. The highest BCUT2D eigenvalue weighted by atomic mass is 16.2. The zero-order valence-electron chi connectivity index (χ0n) is 18.5. The monoisotopic (exact) mass is 441 g/mol. The number of H-pyrrole nitrogens is 1. The van der Waals surface area contributed by atoms with Crippen LogP contribution in [-0.2, 0) is 4.79 Å². The standard InChI is InChI=1S/C26H27N5O2/c32-25(30-15-10-20(11-16-30)19-5-2-1-3-6-19)22-7-4-14-31(18-22)26(33)24-17-23(28-29-24)21-8-12-27-13-9-21/h1-3,5-6,8-10,12-13,17,22H,4,7,11,14-16,18H2,(H,28,29)/t22-/m1/s1. The van der Waals surface area contributed by atoms with Crippen molar-refractivity contribution < 1.29 is 9.59 Å². The maximum Gasteiger partial charge on any atom is 0.271 e. The van der Waals surface area contributed by atoms with E-state index < -0.39 is 0 Å². The Morgan fingerprint density at radius 1 is 0.970 bits per heavy atom. The van der Waals surface area contributed by atoms with E-state index in [1.54, 1.807) is 23.4 Å². The smallest absolute Gasteiger partial charge is 0.271 e. The molecule has 2 aliphatic rings. The number of likely N-dealkylation sites (tertiary alicyclic amines) is 1. The third-order valence-electron chi connectivity index (χ3n) is 6.51. The minimum atomic E-state index is -0.156. The summed E-state index contributed by atoms with van der Waals surface area (Å²) in [6.07, 6.45) is 8.06. The molecule has 2 aromatic heterocycles. The van der Waals surface area contributed by atoms with Crippen molar-refractivity contribution in [3.8, 4) is 11.3 Å². The van der Waals surface area contributed by atoms with E-state index in [9.17, 15) is 9.59 Å². The van der Waals surface area contributed by atoms with Crippen LogP contribution < -0.4 is 0 Å². The molecule has 1 saturated heterocycles. The van der Waals surface area contributed by atoms with Gasteiger partial charge >= 0.3 is 0 Å². The molecule has 4 heterocycles. The summed E-state index contributed by atoms with van der Waals surface area (Å²) >= 11 is 0. The summed E-state index contributed by atoms with van der Waals surface area (Å²) in [5.41, 5.74) is 4.58. The summed E-state index contributed by atoms with van der Waals surface area (Å²) in [6, 6.07) is 15.8. The zero-order valence-corrected chi connectivity index (χ0v) is 18.5. The second-order valence-corrected chi connectivity index (χ2v) is 8.62. The number of nitrogens with one attached hydrogen (secondary N) is 1. The first kappa shape index (κ1) is 21.1. The molecule has 33 heavy (non-hydrogen) atoms. The van der Waals surface area contributed by atoms with Crippen LogP contribution in [0, 0.1) is 5.92 Å². The molecule has 7 nitrogen and oxygen atoms in total. The Hall–Kier alpha value is -3.74. The minimum Gasteiger partial charge on any atom is -0.338 e. The van der Waals surface area contributed by atoms with E-state index in [4.69, 9.17) is 0 Å². The SMILES string of the molecule is O=C(c1cc(-c2ccncc2)n[nH]1)N1CCC[C@@H](C(=O)N2CC=C(c3ccccc3)CC2)C1. The molecule has 5 rings (SSSR count). The summed E-state index contributed by atoms with van der Waals surface area (Å²) < 4.78 is 0.